The van der Waals surface area contributed by atoms with Crippen LogP contribution in [-0.4, -0.2) is 24.5 Å². The smallest absolute Gasteiger partial charge is 0.305 e. The number of nitrogens with one attached hydrogen (secondary N) is 1. The summed E-state index contributed by atoms with van der Waals surface area (Å²) in [5.74, 6) is 4.03. The van der Waals surface area contributed by atoms with Crippen molar-refractivity contribution in [1.82, 2.24) is 4.98 Å². The monoisotopic (exact) mass is 375 g/mol. The van der Waals surface area contributed by atoms with E-state index in [1.807, 2.05) is 17.8 Å². The summed E-state index contributed by atoms with van der Waals surface area (Å²) in [5.41, 5.74) is 1.25. The van der Waals surface area contributed by atoms with Crippen molar-refractivity contribution < 1.29 is 9.47 Å². The van der Waals surface area contributed by atoms with E-state index >= 15 is 0 Å². The van der Waals surface area contributed by atoms with Crippen molar-refractivity contribution in [3.63, 3.8) is 0 Å². The Kier molecular flexibility index (Phi) is 3.68. The molecule has 1 N–H and O–H groups in total. The standard InChI is InChI=1S/C19H21NO3S2/c1-22-12-6-5-10(8-13(12)23-2)15-14-9-3-4-11(7-9)16(14)24-18-17(15)25-19(21)20-18/h5-6,8-9,11,14-16H,3-4,7H2,1-2H3,(H,20,21)/t9-,11-,14+,15-,16-/m0/s1. The van der Waals surface area contributed by atoms with Crippen molar-refractivity contribution in [1.29, 1.82) is 0 Å². The lowest BCUT2D eigenvalue weighted by molar-refractivity contribution is 0.306. The Bertz CT molecular complexity index is 874. The molecule has 1 aromatic carbocycles. The Morgan fingerprint density at radius 2 is 1.92 bits per heavy atom. The fraction of sp³-hybridized carbons (Fsp3) is 0.526. The maximum Gasteiger partial charge on any atom is 0.305 e. The number of fused-ring (bicyclic) bond motifs is 6. The Hall–Kier alpha value is -1.40. The number of thiazole rings is 1. The molecule has 1 aliphatic heterocycles. The van der Waals surface area contributed by atoms with Gasteiger partial charge >= 0.3 is 4.87 Å². The molecule has 0 radical (unpaired) electrons. The van der Waals surface area contributed by atoms with Gasteiger partial charge in [0.2, 0.25) is 0 Å². The Balaban J connectivity index is 1.66. The number of hydrogen-bond acceptors (Lipinski definition) is 5. The zero-order valence-electron chi connectivity index (χ0n) is 14.3. The van der Waals surface area contributed by atoms with E-state index in [-0.39, 0.29) is 4.87 Å². The molecule has 0 amide bonds. The average molecular weight is 376 g/mol. The van der Waals surface area contributed by atoms with Crippen LogP contribution in [0.4, 0.5) is 0 Å². The SMILES string of the molecule is COc1ccc([C@@H]2c3sc(=O)[nH]c3S[C@H]3[C@H]4CC[C@@H](C4)[C@H]23)cc1OC. The minimum absolute atomic E-state index is 0.0651. The van der Waals surface area contributed by atoms with Crippen LogP contribution in [0.3, 0.4) is 0 Å². The molecule has 2 saturated carbocycles. The third-order valence-corrected chi connectivity index (χ3v) is 8.86. The quantitative estimate of drug-likeness (QED) is 0.877. The molecule has 3 aliphatic rings. The number of hydrogen-bond donors (Lipinski definition) is 1. The first-order chi connectivity index (χ1) is 12.2. The average Bonchev–Trinajstić information content (AvgIpc) is 3.32. The van der Waals surface area contributed by atoms with Crippen LogP contribution < -0.4 is 14.3 Å². The number of H-pyrrole nitrogens is 1. The van der Waals surface area contributed by atoms with Gasteiger partial charge in [-0.25, -0.2) is 0 Å². The van der Waals surface area contributed by atoms with E-state index in [1.165, 1.54) is 41.0 Å². The first-order valence-electron chi connectivity index (χ1n) is 8.81. The molecule has 1 aromatic heterocycles. The summed E-state index contributed by atoms with van der Waals surface area (Å²) in [6, 6.07) is 6.25. The molecule has 0 saturated heterocycles. The molecule has 5 rings (SSSR count). The highest BCUT2D eigenvalue weighted by Gasteiger charge is 2.54. The molecule has 4 nitrogen and oxygen atoms in total. The summed E-state index contributed by atoms with van der Waals surface area (Å²) in [4.78, 5) is 16.4. The van der Waals surface area contributed by atoms with Crippen molar-refractivity contribution in [3.8, 4) is 11.5 Å². The van der Waals surface area contributed by atoms with Gasteiger partial charge in [0.15, 0.2) is 11.5 Å². The van der Waals surface area contributed by atoms with E-state index in [0.29, 0.717) is 17.1 Å². The number of rotatable bonds is 3. The zero-order chi connectivity index (χ0) is 17.1. The van der Waals surface area contributed by atoms with Gasteiger partial charge in [-0.05, 0) is 54.7 Å². The van der Waals surface area contributed by atoms with E-state index in [9.17, 15) is 4.79 Å². The van der Waals surface area contributed by atoms with Crippen LogP contribution in [0.2, 0.25) is 0 Å². The van der Waals surface area contributed by atoms with E-state index in [2.05, 4.69) is 17.1 Å². The largest absolute Gasteiger partial charge is 0.493 e. The molecule has 2 fully saturated rings. The fourth-order valence-corrected chi connectivity index (χ4v) is 8.16. The lowest BCUT2D eigenvalue weighted by Crippen LogP contribution is -2.33. The lowest BCUT2D eigenvalue weighted by atomic mass is 9.75. The second-order valence-corrected chi connectivity index (χ2v) is 9.50. The van der Waals surface area contributed by atoms with Gasteiger partial charge in [-0.15, -0.1) is 11.8 Å². The molecule has 0 unspecified atom stereocenters. The van der Waals surface area contributed by atoms with Crippen LogP contribution in [0, 0.1) is 17.8 Å². The van der Waals surface area contributed by atoms with Crippen molar-refractivity contribution in [2.45, 2.75) is 35.5 Å². The maximum absolute atomic E-state index is 12.1. The van der Waals surface area contributed by atoms with Gasteiger partial charge in [0, 0.05) is 16.0 Å². The first-order valence-corrected chi connectivity index (χ1v) is 10.5. The molecule has 6 heteroatoms. The third-order valence-electron chi connectivity index (χ3n) is 6.23. The number of ether oxygens (including phenoxy) is 2. The summed E-state index contributed by atoms with van der Waals surface area (Å²) in [7, 11) is 3.34. The van der Waals surface area contributed by atoms with Crippen LogP contribution in [-0.2, 0) is 0 Å². The molecule has 5 atom stereocenters. The van der Waals surface area contributed by atoms with Gasteiger partial charge in [-0.1, -0.05) is 17.4 Å². The van der Waals surface area contributed by atoms with Gasteiger partial charge < -0.3 is 14.5 Å². The molecule has 2 aliphatic carbocycles. The summed E-state index contributed by atoms with van der Waals surface area (Å²) in [5, 5.41) is 1.73. The van der Waals surface area contributed by atoms with Gasteiger partial charge in [0.25, 0.3) is 0 Å². The van der Waals surface area contributed by atoms with E-state index in [1.54, 1.807) is 14.2 Å². The molecule has 132 valence electrons. The predicted molar refractivity (Wildman–Crippen MR) is 100 cm³/mol. The third kappa shape index (κ3) is 2.30. The second-order valence-electron chi connectivity index (χ2n) is 7.29. The minimum atomic E-state index is 0.0651. The Labute approximate surface area is 154 Å². The van der Waals surface area contributed by atoms with E-state index in [4.69, 9.17) is 9.47 Å². The van der Waals surface area contributed by atoms with Crippen LogP contribution in [0.1, 0.15) is 35.6 Å². The molecular formula is C19H21NO3S2. The summed E-state index contributed by atoms with van der Waals surface area (Å²) >= 11 is 3.32. The van der Waals surface area contributed by atoms with Crippen molar-refractivity contribution in [2.75, 3.05) is 14.2 Å². The number of aromatic amines is 1. The number of aromatic nitrogens is 1. The maximum atomic E-state index is 12.1. The Morgan fingerprint density at radius 3 is 2.72 bits per heavy atom. The molecule has 2 heterocycles. The number of thioether (sulfide) groups is 1. The molecule has 2 aromatic rings. The van der Waals surface area contributed by atoms with Crippen LogP contribution in [0.15, 0.2) is 28.0 Å². The van der Waals surface area contributed by atoms with E-state index < -0.39 is 0 Å². The minimum Gasteiger partial charge on any atom is -0.493 e. The molecular weight excluding hydrogens is 354 g/mol. The zero-order valence-corrected chi connectivity index (χ0v) is 15.9. The second kappa shape index (κ2) is 5.81. The topological polar surface area (TPSA) is 51.3 Å². The highest BCUT2D eigenvalue weighted by atomic mass is 32.2. The summed E-state index contributed by atoms with van der Waals surface area (Å²) in [6.45, 7) is 0. The lowest BCUT2D eigenvalue weighted by Gasteiger charge is -2.40. The van der Waals surface area contributed by atoms with Crippen molar-refractivity contribution in [3.05, 3.63) is 38.3 Å². The predicted octanol–water partition coefficient (Wildman–Crippen LogP) is 4.11. The fourth-order valence-electron chi connectivity index (χ4n) is 5.27. The first kappa shape index (κ1) is 15.8. The normalized spacial score (nSPS) is 32.3. The summed E-state index contributed by atoms with van der Waals surface area (Å²) < 4.78 is 10.9. The van der Waals surface area contributed by atoms with Crippen molar-refractivity contribution >= 4 is 23.1 Å². The molecule has 0 spiro atoms. The summed E-state index contributed by atoms with van der Waals surface area (Å²) in [6.07, 6.45) is 4.04. The van der Waals surface area contributed by atoms with Gasteiger partial charge in [-0.3, -0.25) is 4.79 Å². The van der Waals surface area contributed by atoms with Crippen LogP contribution in [0.5, 0.6) is 11.5 Å². The van der Waals surface area contributed by atoms with E-state index in [0.717, 1.165) is 28.4 Å². The van der Waals surface area contributed by atoms with Gasteiger partial charge in [0.05, 0.1) is 19.2 Å². The number of benzene rings is 1. The van der Waals surface area contributed by atoms with Crippen LogP contribution in [0.25, 0.3) is 0 Å². The Morgan fingerprint density at radius 1 is 1.12 bits per heavy atom. The molecule has 25 heavy (non-hydrogen) atoms. The van der Waals surface area contributed by atoms with Gasteiger partial charge in [0.1, 0.15) is 0 Å². The highest BCUT2D eigenvalue weighted by molar-refractivity contribution is 8.00. The van der Waals surface area contributed by atoms with Crippen LogP contribution >= 0.6 is 23.1 Å². The molecule has 2 bridgehead atoms. The van der Waals surface area contributed by atoms with Gasteiger partial charge in [-0.2, -0.15) is 0 Å². The number of methoxy groups -OCH3 is 2. The highest BCUT2D eigenvalue weighted by Crippen LogP contribution is 2.63. The van der Waals surface area contributed by atoms with Crippen molar-refractivity contribution in [2.24, 2.45) is 17.8 Å².